The molecule has 0 spiro atoms. The number of benzene rings is 2. The number of hydrogen-bond donors (Lipinski definition) is 3. The van der Waals surface area contributed by atoms with Gasteiger partial charge in [-0.15, -0.1) is 0 Å². The van der Waals surface area contributed by atoms with Gasteiger partial charge in [0.05, 0.1) is 24.2 Å². The number of nitrogens with one attached hydrogen (secondary N) is 2. The fourth-order valence-electron chi connectivity index (χ4n) is 4.11. The van der Waals surface area contributed by atoms with Gasteiger partial charge in [-0.3, -0.25) is 24.1 Å². The van der Waals surface area contributed by atoms with Crippen molar-refractivity contribution >= 4 is 29.0 Å². The minimum absolute atomic E-state index is 0.0901. The summed E-state index contributed by atoms with van der Waals surface area (Å²) in [4.78, 5) is 41.1. The van der Waals surface area contributed by atoms with E-state index >= 15 is 0 Å². The maximum atomic E-state index is 13.2. The van der Waals surface area contributed by atoms with Gasteiger partial charge in [-0.25, -0.2) is 4.98 Å². The minimum atomic E-state index is -0.553. The van der Waals surface area contributed by atoms with E-state index in [0.29, 0.717) is 29.3 Å². The molecule has 39 heavy (non-hydrogen) atoms. The summed E-state index contributed by atoms with van der Waals surface area (Å²) >= 11 is 0. The molecule has 0 radical (unpaired) electrons. The lowest BCUT2D eigenvalue weighted by atomic mass is 10.1. The summed E-state index contributed by atoms with van der Waals surface area (Å²) in [5, 5.41) is 17.6. The van der Waals surface area contributed by atoms with Crippen LogP contribution >= 0.6 is 0 Å². The molecule has 0 aliphatic heterocycles. The van der Waals surface area contributed by atoms with Crippen LogP contribution < -0.4 is 21.1 Å². The topological polar surface area (TPSA) is 163 Å². The van der Waals surface area contributed by atoms with Gasteiger partial charge in [-0.05, 0) is 42.3 Å². The predicted octanol–water partition coefficient (Wildman–Crippen LogP) is 3.28. The van der Waals surface area contributed by atoms with E-state index in [1.165, 1.54) is 19.2 Å². The van der Waals surface area contributed by atoms with Crippen molar-refractivity contribution in [2.45, 2.75) is 20.0 Å². The zero-order chi connectivity index (χ0) is 27.9. The number of pyridine rings is 1. The average Bonchev–Trinajstić information content (AvgIpc) is 3.33. The standard InChI is InChI=1S/C27H28N6O6/c1-3-39-23(34)16-29-26-24(19-9-10-22(38-2)21(13-19)33(36)37)31-25-20(8-5-11-32(25)26)27(35)30-15-18-7-4-6-17(12-18)14-28/h4-13,29H,3,14-16,28H2,1-2H3,(H,30,35). The summed E-state index contributed by atoms with van der Waals surface area (Å²) in [5.41, 5.74) is 8.59. The molecular weight excluding hydrogens is 504 g/mol. The lowest BCUT2D eigenvalue weighted by Gasteiger charge is -2.10. The summed E-state index contributed by atoms with van der Waals surface area (Å²) < 4.78 is 11.8. The number of hydrogen-bond acceptors (Lipinski definition) is 9. The zero-order valence-corrected chi connectivity index (χ0v) is 21.5. The number of carbonyl (C=O) groups is 2. The Labute approximate surface area is 223 Å². The number of nitro groups is 1. The van der Waals surface area contributed by atoms with Crippen LogP contribution in [0.3, 0.4) is 0 Å². The molecule has 2 heterocycles. The number of nitro benzene ring substituents is 1. The Balaban J connectivity index is 1.75. The largest absolute Gasteiger partial charge is 0.490 e. The van der Waals surface area contributed by atoms with Gasteiger partial charge in [0, 0.05) is 30.9 Å². The molecule has 0 saturated heterocycles. The Kier molecular flexibility index (Phi) is 8.37. The van der Waals surface area contributed by atoms with Crippen LogP contribution in [-0.2, 0) is 22.6 Å². The van der Waals surface area contributed by atoms with Gasteiger partial charge < -0.3 is 25.8 Å². The molecule has 4 N–H and O–H groups in total. The monoisotopic (exact) mass is 532 g/mol. The van der Waals surface area contributed by atoms with Crippen LogP contribution in [0.25, 0.3) is 16.9 Å². The smallest absolute Gasteiger partial charge is 0.325 e. The van der Waals surface area contributed by atoms with E-state index in [-0.39, 0.29) is 42.6 Å². The highest BCUT2D eigenvalue weighted by molar-refractivity contribution is 6.01. The normalized spacial score (nSPS) is 10.7. The highest BCUT2D eigenvalue weighted by Gasteiger charge is 2.23. The molecule has 4 rings (SSSR count). The van der Waals surface area contributed by atoms with Crippen molar-refractivity contribution in [3.63, 3.8) is 0 Å². The van der Waals surface area contributed by atoms with Crippen molar-refractivity contribution < 1.29 is 24.0 Å². The van der Waals surface area contributed by atoms with Gasteiger partial charge in [-0.2, -0.15) is 0 Å². The third-order valence-electron chi connectivity index (χ3n) is 5.93. The van der Waals surface area contributed by atoms with Gasteiger partial charge in [-0.1, -0.05) is 24.3 Å². The Morgan fingerprint density at radius 1 is 1.13 bits per heavy atom. The van der Waals surface area contributed by atoms with Crippen molar-refractivity contribution in [2.75, 3.05) is 25.6 Å². The molecule has 2 aromatic heterocycles. The quantitative estimate of drug-likeness (QED) is 0.149. The summed E-state index contributed by atoms with van der Waals surface area (Å²) in [5.74, 6) is -0.407. The maximum Gasteiger partial charge on any atom is 0.325 e. The fourth-order valence-corrected chi connectivity index (χ4v) is 4.11. The predicted molar refractivity (Wildman–Crippen MR) is 144 cm³/mol. The Morgan fingerprint density at radius 2 is 1.92 bits per heavy atom. The number of methoxy groups -OCH3 is 1. The second-order valence-corrected chi connectivity index (χ2v) is 8.43. The number of rotatable bonds is 11. The van der Waals surface area contributed by atoms with Crippen LogP contribution in [0.1, 0.15) is 28.4 Å². The molecule has 202 valence electrons. The molecule has 0 bridgehead atoms. The second-order valence-electron chi connectivity index (χ2n) is 8.43. The molecule has 12 heteroatoms. The molecule has 0 aliphatic rings. The van der Waals surface area contributed by atoms with E-state index in [4.69, 9.17) is 15.2 Å². The number of amides is 1. The Morgan fingerprint density at radius 3 is 2.64 bits per heavy atom. The van der Waals surface area contributed by atoms with E-state index in [9.17, 15) is 19.7 Å². The molecule has 0 aliphatic carbocycles. The number of imidazole rings is 1. The van der Waals surface area contributed by atoms with E-state index in [1.54, 1.807) is 35.7 Å². The molecule has 2 aromatic carbocycles. The highest BCUT2D eigenvalue weighted by Crippen LogP contribution is 2.36. The molecule has 4 aromatic rings. The zero-order valence-electron chi connectivity index (χ0n) is 21.5. The van der Waals surface area contributed by atoms with Crippen molar-refractivity contribution in [1.29, 1.82) is 0 Å². The Hall–Kier alpha value is -4.97. The van der Waals surface area contributed by atoms with E-state index < -0.39 is 10.9 Å². The van der Waals surface area contributed by atoms with Crippen LogP contribution in [-0.4, -0.2) is 46.4 Å². The molecule has 0 unspecified atom stereocenters. The first-order chi connectivity index (χ1) is 18.9. The number of aromatic nitrogens is 2. The molecule has 12 nitrogen and oxygen atoms in total. The van der Waals surface area contributed by atoms with Crippen LogP contribution in [0.15, 0.2) is 60.8 Å². The third kappa shape index (κ3) is 5.96. The van der Waals surface area contributed by atoms with Crippen LogP contribution in [0.4, 0.5) is 11.5 Å². The van der Waals surface area contributed by atoms with E-state index in [2.05, 4.69) is 15.6 Å². The van der Waals surface area contributed by atoms with Crippen LogP contribution in [0.2, 0.25) is 0 Å². The SMILES string of the molecule is CCOC(=O)CNc1c(-c2ccc(OC)c([N+](=O)[O-])c2)nc2c(C(=O)NCc3cccc(CN)c3)cccn12. The van der Waals surface area contributed by atoms with Gasteiger partial charge in [0.1, 0.15) is 18.1 Å². The summed E-state index contributed by atoms with van der Waals surface area (Å²) in [6.07, 6.45) is 1.68. The lowest BCUT2D eigenvalue weighted by Crippen LogP contribution is -2.23. The van der Waals surface area contributed by atoms with E-state index in [1.807, 2.05) is 24.3 Å². The number of nitrogens with two attached hydrogens (primary N) is 1. The van der Waals surface area contributed by atoms with Gasteiger partial charge in [0.15, 0.2) is 11.4 Å². The Bertz CT molecular complexity index is 1530. The summed E-state index contributed by atoms with van der Waals surface area (Å²) in [6.45, 7) is 2.40. The summed E-state index contributed by atoms with van der Waals surface area (Å²) in [6, 6.07) is 15.3. The van der Waals surface area contributed by atoms with Crippen molar-refractivity contribution in [3.05, 3.63) is 87.6 Å². The summed E-state index contributed by atoms with van der Waals surface area (Å²) in [7, 11) is 1.34. The van der Waals surface area contributed by atoms with Gasteiger partial charge in [0.25, 0.3) is 5.91 Å². The average molecular weight is 533 g/mol. The van der Waals surface area contributed by atoms with Crippen LogP contribution in [0.5, 0.6) is 5.75 Å². The number of anilines is 1. The maximum absolute atomic E-state index is 13.2. The van der Waals surface area contributed by atoms with Crippen LogP contribution in [0, 0.1) is 10.1 Å². The van der Waals surface area contributed by atoms with Gasteiger partial charge >= 0.3 is 11.7 Å². The number of carbonyl (C=O) groups excluding carboxylic acids is 2. The number of fused-ring (bicyclic) bond motifs is 1. The van der Waals surface area contributed by atoms with Gasteiger partial charge in [0.2, 0.25) is 0 Å². The molecular formula is C27H28N6O6. The van der Waals surface area contributed by atoms with Crippen molar-refractivity contribution in [1.82, 2.24) is 14.7 Å². The fraction of sp³-hybridized carbons (Fsp3) is 0.222. The second kappa shape index (κ2) is 12.0. The number of nitrogens with zero attached hydrogens (tertiary/aromatic N) is 3. The molecule has 1 amide bonds. The first-order valence-corrected chi connectivity index (χ1v) is 12.2. The number of esters is 1. The first-order valence-electron chi connectivity index (χ1n) is 12.2. The highest BCUT2D eigenvalue weighted by atomic mass is 16.6. The molecule has 0 saturated carbocycles. The molecule has 0 atom stereocenters. The first kappa shape index (κ1) is 27.1. The van der Waals surface area contributed by atoms with Crippen molar-refractivity contribution in [2.24, 2.45) is 5.73 Å². The minimum Gasteiger partial charge on any atom is -0.490 e. The lowest BCUT2D eigenvalue weighted by molar-refractivity contribution is -0.385. The third-order valence-corrected chi connectivity index (χ3v) is 5.93. The number of ether oxygens (including phenoxy) is 2. The molecule has 0 fully saturated rings. The van der Waals surface area contributed by atoms with E-state index in [0.717, 1.165) is 11.1 Å². The van der Waals surface area contributed by atoms with Crippen molar-refractivity contribution in [3.8, 4) is 17.0 Å².